The van der Waals surface area contributed by atoms with E-state index in [9.17, 15) is 17.6 Å². The van der Waals surface area contributed by atoms with Crippen LogP contribution in [0.15, 0.2) is 6.20 Å². The highest BCUT2D eigenvalue weighted by Crippen LogP contribution is 2.10. The van der Waals surface area contributed by atoms with Crippen LogP contribution in [0.5, 0.6) is 0 Å². The minimum Gasteiger partial charge on any atom is -0.222 e. The van der Waals surface area contributed by atoms with Gasteiger partial charge in [-0.2, -0.15) is 8.78 Å². The molecular formula is C5HF4N. The largest absolute Gasteiger partial charge is 0.252 e. The Bertz CT molecular complexity index is 233. The summed E-state index contributed by atoms with van der Waals surface area (Å²) in [5, 5.41) is 0. The number of aromatic nitrogens is 1. The van der Waals surface area contributed by atoms with Gasteiger partial charge in [0.2, 0.25) is 11.6 Å². The van der Waals surface area contributed by atoms with Crippen molar-refractivity contribution in [2.45, 2.75) is 0 Å². The molecule has 0 aliphatic rings. The average molecular weight is 151 g/mol. The number of nitrogens with zero attached hydrogens (tertiary/aromatic N) is 1. The smallest absolute Gasteiger partial charge is 0.222 e. The van der Waals surface area contributed by atoms with Gasteiger partial charge >= 0.3 is 0 Å². The molecule has 54 valence electrons. The van der Waals surface area contributed by atoms with E-state index in [2.05, 4.69) is 4.98 Å². The Morgan fingerprint density at radius 3 is 2.10 bits per heavy atom. The Balaban J connectivity index is 3.34. The molecule has 0 bridgehead atoms. The van der Waals surface area contributed by atoms with Gasteiger partial charge in [-0.3, -0.25) is 0 Å². The molecule has 10 heavy (non-hydrogen) atoms. The van der Waals surface area contributed by atoms with Gasteiger partial charge in [0.1, 0.15) is 0 Å². The molecule has 0 aliphatic heterocycles. The van der Waals surface area contributed by atoms with Gasteiger partial charge in [-0.05, 0) is 0 Å². The van der Waals surface area contributed by atoms with Crippen LogP contribution in [-0.2, 0) is 0 Å². The predicted molar refractivity (Wildman–Crippen MR) is 24.1 cm³/mol. The lowest BCUT2D eigenvalue weighted by molar-refractivity contribution is 0.391. The van der Waals surface area contributed by atoms with E-state index in [-0.39, 0.29) is 6.20 Å². The van der Waals surface area contributed by atoms with Crippen molar-refractivity contribution in [2.75, 3.05) is 0 Å². The van der Waals surface area contributed by atoms with Gasteiger partial charge in [0.25, 0.3) is 5.95 Å². The lowest BCUT2D eigenvalue weighted by Crippen LogP contribution is -1.97. The van der Waals surface area contributed by atoms with Gasteiger partial charge in [-0.25, -0.2) is 13.8 Å². The van der Waals surface area contributed by atoms with Crippen molar-refractivity contribution in [3.63, 3.8) is 0 Å². The highest BCUT2D eigenvalue weighted by molar-refractivity contribution is 5.02. The van der Waals surface area contributed by atoms with Crippen LogP contribution in [0.1, 0.15) is 0 Å². The van der Waals surface area contributed by atoms with E-state index in [4.69, 9.17) is 0 Å². The number of halogens is 4. The second-order valence-corrected chi connectivity index (χ2v) is 1.52. The van der Waals surface area contributed by atoms with Crippen molar-refractivity contribution < 1.29 is 17.6 Å². The Morgan fingerprint density at radius 1 is 1.00 bits per heavy atom. The molecule has 5 heteroatoms. The van der Waals surface area contributed by atoms with Crippen molar-refractivity contribution in [3.05, 3.63) is 29.6 Å². The minimum atomic E-state index is -1.89. The molecule has 1 aromatic heterocycles. The normalized spacial score (nSPS) is 10.0. The van der Waals surface area contributed by atoms with Crippen LogP contribution < -0.4 is 0 Å². The van der Waals surface area contributed by atoms with Crippen LogP contribution in [-0.4, -0.2) is 4.98 Å². The quantitative estimate of drug-likeness (QED) is 0.405. The van der Waals surface area contributed by atoms with Gasteiger partial charge in [0.15, 0.2) is 5.82 Å². The standard InChI is InChI=1S/C5HF4N/c6-2-1-10-5(9)4(8)3(2)7/h1H. The maximum absolute atomic E-state index is 12.0. The molecule has 1 rings (SSSR count). The second-order valence-electron chi connectivity index (χ2n) is 1.52. The molecule has 0 spiro atoms. The Morgan fingerprint density at radius 2 is 1.60 bits per heavy atom. The summed E-state index contributed by atoms with van der Waals surface area (Å²) in [5.41, 5.74) is 0. The van der Waals surface area contributed by atoms with Crippen LogP contribution in [0.25, 0.3) is 0 Å². The van der Waals surface area contributed by atoms with Crippen LogP contribution >= 0.6 is 0 Å². The van der Waals surface area contributed by atoms with Crippen LogP contribution in [0.2, 0.25) is 0 Å². The maximum Gasteiger partial charge on any atom is 0.252 e. The van der Waals surface area contributed by atoms with E-state index in [0.717, 1.165) is 0 Å². The zero-order valence-corrected chi connectivity index (χ0v) is 4.54. The topological polar surface area (TPSA) is 12.9 Å². The second kappa shape index (κ2) is 2.24. The van der Waals surface area contributed by atoms with Crippen molar-refractivity contribution in [2.24, 2.45) is 0 Å². The number of pyridine rings is 1. The molecule has 0 radical (unpaired) electrons. The van der Waals surface area contributed by atoms with Crippen molar-refractivity contribution in [1.82, 2.24) is 4.98 Å². The van der Waals surface area contributed by atoms with Gasteiger partial charge in [-0.15, -0.1) is 0 Å². The first-order chi connectivity index (χ1) is 4.63. The number of rotatable bonds is 0. The Labute approximate surface area is 53.3 Å². The molecule has 0 saturated heterocycles. The van der Waals surface area contributed by atoms with Gasteiger partial charge < -0.3 is 0 Å². The van der Waals surface area contributed by atoms with E-state index in [1.54, 1.807) is 0 Å². The van der Waals surface area contributed by atoms with E-state index in [1.165, 1.54) is 0 Å². The summed E-state index contributed by atoms with van der Waals surface area (Å²) < 4.78 is 47.7. The highest BCUT2D eigenvalue weighted by Gasteiger charge is 2.13. The first kappa shape index (κ1) is 6.98. The monoisotopic (exact) mass is 151 g/mol. The lowest BCUT2D eigenvalue weighted by atomic mass is 10.4. The van der Waals surface area contributed by atoms with Crippen molar-refractivity contribution >= 4 is 0 Å². The third kappa shape index (κ3) is 0.940. The molecule has 1 aromatic rings. The fourth-order valence-electron chi connectivity index (χ4n) is 0.422. The Hall–Kier alpha value is -1.13. The molecule has 0 N–H and O–H groups in total. The summed E-state index contributed by atoms with van der Waals surface area (Å²) in [6.45, 7) is 0. The van der Waals surface area contributed by atoms with Gasteiger partial charge in [0, 0.05) is 0 Å². The summed E-state index contributed by atoms with van der Waals surface area (Å²) in [6.07, 6.45) is 0.272. The molecular weight excluding hydrogens is 150 g/mol. The Kier molecular flexibility index (Phi) is 1.57. The molecule has 0 aromatic carbocycles. The van der Waals surface area contributed by atoms with E-state index < -0.39 is 23.4 Å². The third-order valence-corrected chi connectivity index (χ3v) is 0.875. The summed E-state index contributed by atoms with van der Waals surface area (Å²) in [6, 6.07) is 0. The molecule has 0 saturated carbocycles. The summed E-state index contributed by atoms with van der Waals surface area (Å²) in [7, 11) is 0. The van der Waals surface area contributed by atoms with Crippen LogP contribution in [0, 0.1) is 23.4 Å². The fraction of sp³-hybridized carbons (Fsp3) is 0. The SMILES string of the molecule is Fc1cnc(F)c(F)c1F. The number of hydrogen-bond donors (Lipinski definition) is 0. The summed E-state index contributed by atoms with van der Waals surface area (Å²) >= 11 is 0. The fourth-order valence-corrected chi connectivity index (χ4v) is 0.422. The van der Waals surface area contributed by atoms with Crippen molar-refractivity contribution in [3.8, 4) is 0 Å². The molecule has 1 nitrogen and oxygen atoms in total. The van der Waals surface area contributed by atoms with Crippen LogP contribution in [0.4, 0.5) is 17.6 Å². The third-order valence-electron chi connectivity index (χ3n) is 0.875. The predicted octanol–water partition coefficient (Wildman–Crippen LogP) is 1.64. The summed E-state index contributed by atoms with van der Waals surface area (Å²) in [5.74, 6) is -6.87. The molecule has 0 fully saturated rings. The first-order valence-corrected chi connectivity index (χ1v) is 2.28. The maximum atomic E-state index is 12.0. The number of hydrogen-bond acceptors (Lipinski definition) is 1. The molecule has 1 heterocycles. The van der Waals surface area contributed by atoms with E-state index >= 15 is 0 Å². The van der Waals surface area contributed by atoms with Crippen LogP contribution in [0.3, 0.4) is 0 Å². The van der Waals surface area contributed by atoms with E-state index in [0.29, 0.717) is 0 Å². The molecule has 0 aliphatic carbocycles. The summed E-state index contributed by atoms with van der Waals surface area (Å²) in [4.78, 5) is 2.58. The zero-order valence-electron chi connectivity index (χ0n) is 4.54. The van der Waals surface area contributed by atoms with Gasteiger partial charge in [0.05, 0.1) is 6.20 Å². The molecule has 0 unspecified atom stereocenters. The van der Waals surface area contributed by atoms with Gasteiger partial charge in [-0.1, -0.05) is 0 Å². The average Bonchev–Trinajstić information content (AvgIpc) is 1.93. The highest BCUT2D eigenvalue weighted by atomic mass is 19.2. The molecule has 0 atom stereocenters. The zero-order chi connectivity index (χ0) is 7.72. The first-order valence-electron chi connectivity index (χ1n) is 2.28. The molecule has 0 amide bonds. The van der Waals surface area contributed by atoms with E-state index in [1.807, 2.05) is 0 Å². The minimum absolute atomic E-state index is 0.272. The lowest BCUT2D eigenvalue weighted by Gasteiger charge is -1.92. The van der Waals surface area contributed by atoms with Crippen molar-refractivity contribution in [1.29, 1.82) is 0 Å².